The number of carbonyl (C=O) groups excluding carboxylic acids is 2. The molecule has 1 heterocycles. The molecule has 2 aromatic rings. The van der Waals surface area contributed by atoms with Gasteiger partial charge in [-0.3, -0.25) is 24.6 Å². The summed E-state index contributed by atoms with van der Waals surface area (Å²) in [7, 11) is 1.62. The normalized spacial score (nSPS) is 11.8. The highest BCUT2D eigenvalue weighted by Crippen LogP contribution is 2.26. The molecule has 0 saturated carbocycles. The van der Waals surface area contributed by atoms with Gasteiger partial charge in [0.15, 0.2) is 0 Å². The number of aromatic nitrogens is 1. The maximum Gasteiger partial charge on any atom is 0.271 e. The number of rotatable bonds is 7. The largest absolute Gasteiger partial charge is 0.323 e. The highest BCUT2D eigenvalue weighted by atomic mass is 79.9. The number of nitrogens with one attached hydrogen (secondary N) is 2. The fourth-order valence-electron chi connectivity index (χ4n) is 2.15. The zero-order chi connectivity index (χ0) is 20.8. The molecule has 9 nitrogen and oxygen atoms in total. The van der Waals surface area contributed by atoms with E-state index in [1.807, 2.05) is 0 Å². The van der Waals surface area contributed by atoms with Crippen molar-refractivity contribution in [1.82, 2.24) is 9.88 Å². The summed E-state index contributed by atoms with van der Waals surface area (Å²) in [4.78, 5) is 40.3. The van der Waals surface area contributed by atoms with Crippen molar-refractivity contribution < 1.29 is 14.5 Å². The Labute approximate surface area is 174 Å². The second-order valence-corrected chi connectivity index (χ2v) is 7.23. The Kier molecular flexibility index (Phi) is 7.44. The van der Waals surface area contributed by atoms with E-state index in [0.717, 1.165) is 10.5 Å². The summed E-state index contributed by atoms with van der Waals surface area (Å²) in [6.45, 7) is 1.58. The molecule has 0 fully saturated rings. The number of nitro groups is 1. The molecule has 148 valence electrons. The molecular weight excluding hydrogens is 454 g/mol. The first-order valence-electron chi connectivity index (χ1n) is 8.04. The highest BCUT2D eigenvalue weighted by Gasteiger charge is 2.21. The lowest BCUT2D eigenvalue weighted by Crippen LogP contribution is -2.43. The Morgan fingerprint density at radius 3 is 2.61 bits per heavy atom. The minimum Gasteiger partial charge on any atom is -0.323 e. The van der Waals surface area contributed by atoms with E-state index in [-0.39, 0.29) is 28.8 Å². The Hall–Kier alpha value is -2.56. The highest BCUT2D eigenvalue weighted by molar-refractivity contribution is 9.10. The van der Waals surface area contributed by atoms with Gasteiger partial charge >= 0.3 is 0 Å². The molecule has 0 aliphatic heterocycles. The number of nitro benzene ring substituents is 1. The molecule has 1 aromatic carbocycles. The van der Waals surface area contributed by atoms with Crippen LogP contribution in [-0.4, -0.2) is 46.3 Å². The number of likely N-dealkylation sites (N-methyl/N-ethyl adjacent to an activating group) is 1. The van der Waals surface area contributed by atoms with Crippen molar-refractivity contribution in [3.8, 4) is 0 Å². The summed E-state index contributed by atoms with van der Waals surface area (Å²) in [5, 5.41) is 16.0. The number of carbonyl (C=O) groups is 2. The molecule has 11 heteroatoms. The Morgan fingerprint density at radius 2 is 2.04 bits per heavy atom. The molecule has 0 aliphatic carbocycles. The van der Waals surface area contributed by atoms with E-state index in [4.69, 9.17) is 11.6 Å². The molecule has 0 aliphatic rings. The molecule has 1 aromatic heterocycles. The second kappa shape index (κ2) is 9.58. The average molecular weight is 471 g/mol. The number of nitrogens with zero attached hydrogens (tertiary/aromatic N) is 3. The van der Waals surface area contributed by atoms with Crippen LogP contribution >= 0.6 is 27.5 Å². The third-order valence-electron chi connectivity index (χ3n) is 3.85. The lowest BCUT2D eigenvalue weighted by molar-refractivity contribution is -0.384. The quantitative estimate of drug-likeness (QED) is 0.473. The molecule has 28 heavy (non-hydrogen) atoms. The van der Waals surface area contributed by atoms with Gasteiger partial charge < -0.3 is 10.6 Å². The van der Waals surface area contributed by atoms with Crippen LogP contribution in [0.1, 0.15) is 6.92 Å². The first-order chi connectivity index (χ1) is 13.2. The molecule has 2 N–H and O–H groups in total. The van der Waals surface area contributed by atoms with Crippen LogP contribution in [0, 0.1) is 10.1 Å². The maximum atomic E-state index is 12.4. The van der Waals surface area contributed by atoms with Gasteiger partial charge in [-0.25, -0.2) is 4.98 Å². The van der Waals surface area contributed by atoms with Crippen molar-refractivity contribution in [2.24, 2.45) is 0 Å². The zero-order valence-electron chi connectivity index (χ0n) is 15.0. The monoisotopic (exact) mass is 469 g/mol. The minimum atomic E-state index is -0.658. The third-order valence-corrected chi connectivity index (χ3v) is 4.63. The summed E-state index contributed by atoms with van der Waals surface area (Å²) >= 11 is 9.24. The molecule has 1 atom stereocenters. The Bertz CT molecular complexity index is 894. The first kappa shape index (κ1) is 21.7. The lowest BCUT2D eigenvalue weighted by atomic mass is 10.2. The van der Waals surface area contributed by atoms with E-state index < -0.39 is 16.9 Å². The number of hydrogen-bond acceptors (Lipinski definition) is 6. The summed E-state index contributed by atoms with van der Waals surface area (Å²) in [6.07, 6.45) is 1.56. The predicted molar refractivity (Wildman–Crippen MR) is 109 cm³/mol. The molecule has 2 amide bonds. The number of non-ortho nitro benzene ring substituents is 1. The van der Waals surface area contributed by atoms with Crippen molar-refractivity contribution >= 4 is 56.5 Å². The van der Waals surface area contributed by atoms with Gasteiger partial charge in [-0.15, -0.1) is 0 Å². The summed E-state index contributed by atoms with van der Waals surface area (Å²) in [5.41, 5.74) is 0.0763. The van der Waals surface area contributed by atoms with Crippen LogP contribution in [0.15, 0.2) is 41.0 Å². The number of pyridine rings is 1. The van der Waals surface area contributed by atoms with Crippen LogP contribution in [0.25, 0.3) is 0 Å². The zero-order valence-corrected chi connectivity index (χ0v) is 17.3. The van der Waals surface area contributed by atoms with Crippen molar-refractivity contribution in [3.05, 3.63) is 56.1 Å². The van der Waals surface area contributed by atoms with Crippen LogP contribution in [0.4, 0.5) is 17.2 Å². The number of hydrogen-bond donors (Lipinski definition) is 2. The SMILES string of the molecule is CC(C(=O)Nc1ccc([N+](=O)[O-])cc1Cl)N(C)CC(=O)Nc1ccc(Br)cn1. The standard InChI is InChI=1S/C17H17BrClN5O4/c1-10(17(26)21-14-5-4-12(24(27)28)7-13(14)19)23(2)9-16(25)22-15-6-3-11(18)8-20-15/h3-8,10H,9H2,1-2H3,(H,21,26)(H,20,22,25). The Morgan fingerprint density at radius 1 is 1.32 bits per heavy atom. The topological polar surface area (TPSA) is 117 Å². The molecule has 0 saturated heterocycles. The van der Waals surface area contributed by atoms with E-state index in [2.05, 4.69) is 31.5 Å². The van der Waals surface area contributed by atoms with Gasteiger partial charge in [0.05, 0.1) is 28.2 Å². The number of benzene rings is 1. The average Bonchev–Trinajstić information content (AvgIpc) is 2.64. The van der Waals surface area contributed by atoms with Crippen LogP contribution in [0.2, 0.25) is 5.02 Å². The van der Waals surface area contributed by atoms with Gasteiger partial charge in [0, 0.05) is 22.8 Å². The molecular formula is C17H17BrClN5O4. The third kappa shape index (κ3) is 5.98. The predicted octanol–water partition coefficient (Wildman–Crippen LogP) is 3.30. The van der Waals surface area contributed by atoms with Crippen LogP contribution in [0.3, 0.4) is 0 Å². The van der Waals surface area contributed by atoms with E-state index in [1.54, 1.807) is 37.2 Å². The smallest absolute Gasteiger partial charge is 0.271 e. The van der Waals surface area contributed by atoms with Gasteiger partial charge in [-0.1, -0.05) is 11.6 Å². The van der Waals surface area contributed by atoms with Crippen molar-refractivity contribution in [3.63, 3.8) is 0 Å². The first-order valence-corrected chi connectivity index (χ1v) is 9.21. The fraction of sp³-hybridized carbons (Fsp3) is 0.235. The van der Waals surface area contributed by atoms with E-state index in [1.165, 1.54) is 12.1 Å². The van der Waals surface area contributed by atoms with Gasteiger partial charge in [-0.2, -0.15) is 0 Å². The molecule has 0 radical (unpaired) electrons. The van der Waals surface area contributed by atoms with Crippen molar-refractivity contribution in [2.45, 2.75) is 13.0 Å². The van der Waals surface area contributed by atoms with Crippen LogP contribution in [-0.2, 0) is 9.59 Å². The number of amides is 2. The van der Waals surface area contributed by atoms with E-state index in [0.29, 0.717) is 5.82 Å². The molecule has 1 unspecified atom stereocenters. The van der Waals surface area contributed by atoms with Crippen molar-refractivity contribution in [1.29, 1.82) is 0 Å². The molecule has 0 bridgehead atoms. The molecule has 2 rings (SSSR count). The van der Waals surface area contributed by atoms with Crippen LogP contribution in [0.5, 0.6) is 0 Å². The summed E-state index contributed by atoms with van der Waals surface area (Å²) in [6, 6.07) is 6.50. The number of anilines is 2. The summed E-state index contributed by atoms with van der Waals surface area (Å²) in [5.74, 6) is -0.338. The molecule has 0 spiro atoms. The second-order valence-electron chi connectivity index (χ2n) is 5.91. The Balaban J connectivity index is 1.93. The van der Waals surface area contributed by atoms with E-state index >= 15 is 0 Å². The van der Waals surface area contributed by atoms with Gasteiger partial charge in [0.2, 0.25) is 11.8 Å². The van der Waals surface area contributed by atoms with Gasteiger partial charge in [0.25, 0.3) is 5.69 Å². The minimum absolute atomic E-state index is 0.0413. The maximum absolute atomic E-state index is 12.4. The van der Waals surface area contributed by atoms with Gasteiger partial charge in [-0.05, 0) is 48.1 Å². The number of halogens is 2. The van der Waals surface area contributed by atoms with Crippen LogP contribution < -0.4 is 10.6 Å². The van der Waals surface area contributed by atoms with Crippen molar-refractivity contribution in [2.75, 3.05) is 24.2 Å². The van der Waals surface area contributed by atoms with Gasteiger partial charge in [0.1, 0.15) is 5.82 Å². The fourth-order valence-corrected chi connectivity index (χ4v) is 2.61. The van der Waals surface area contributed by atoms with E-state index in [9.17, 15) is 19.7 Å². The lowest BCUT2D eigenvalue weighted by Gasteiger charge is -2.23. The summed E-state index contributed by atoms with van der Waals surface area (Å²) < 4.78 is 0.790.